The summed E-state index contributed by atoms with van der Waals surface area (Å²) in [6, 6.07) is 12.7. The summed E-state index contributed by atoms with van der Waals surface area (Å²) in [6.07, 6.45) is 0.140. The Kier molecular flexibility index (Phi) is 6.76. The van der Waals surface area contributed by atoms with E-state index in [2.05, 4.69) is 10.6 Å². The van der Waals surface area contributed by atoms with Crippen LogP contribution in [0.5, 0.6) is 5.75 Å². The van der Waals surface area contributed by atoms with Gasteiger partial charge in [0.1, 0.15) is 5.75 Å². The first-order valence-corrected chi connectivity index (χ1v) is 8.41. The summed E-state index contributed by atoms with van der Waals surface area (Å²) < 4.78 is 5.58. The van der Waals surface area contributed by atoms with E-state index >= 15 is 0 Å². The number of hydrogen-bond acceptors (Lipinski definition) is 3. The second kappa shape index (κ2) is 8.81. The largest absolute Gasteiger partial charge is 0.491 e. The van der Waals surface area contributed by atoms with Crippen LogP contribution in [0.15, 0.2) is 42.5 Å². The van der Waals surface area contributed by atoms with E-state index in [1.807, 2.05) is 38.1 Å². The molecule has 0 unspecified atom stereocenters. The van der Waals surface area contributed by atoms with E-state index in [9.17, 15) is 4.79 Å². The van der Waals surface area contributed by atoms with Gasteiger partial charge in [-0.15, -0.1) is 0 Å². The van der Waals surface area contributed by atoms with Crippen molar-refractivity contribution in [2.24, 2.45) is 0 Å². The van der Waals surface area contributed by atoms with Crippen LogP contribution in [0.4, 0.5) is 5.69 Å². The fraction of sp³-hybridized carbons (Fsp3) is 0.278. The molecule has 0 bridgehead atoms. The van der Waals surface area contributed by atoms with Crippen LogP contribution in [-0.2, 0) is 11.3 Å². The highest BCUT2D eigenvalue weighted by Crippen LogP contribution is 2.25. The number of amides is 1. The van der Waals surface area contributed by atoms with Crippen molar-refractivity contribution in [3.05, 3.63) is 58.1 Å². The molecule has 128 valence electrons. The van der Waals surface area contributed by atoms with Crippen LogP contribution in [0.3, 0.4) is 0 Å². The molecule has 2 N–H and O–H groups in total. The van der Waals surface area contributed by atoms with Crippen molar-refractivity contribution >= 4 is 34.8 Å². The molecule has 2 aromatic carbocycles. The maximum atomic E-state index is 11.9. The molecule has 24 heavy (non-hydrogen) atoms. The number of hydrogen-bond donors (Lipinski definition) is 2. The minimum absolute atomic E-state index is 0.122. The van der Waals surface area contributed by atoms with E-state index in [-0.39, 0.29) is 18.6 Å². The molecule has 0 atom stereocenters. The molecule has 0 fully saturated rings. The molecule has 0 aliphatic carbocycles. The third-order valence-corrected chi connectivity index (χ3v) is 3.70. The Labute approximate surface area is 152 Å². The molecule has 0 aromatic heterocycles. The highest BCUT2D eigenvalue weighted by atomic mass is 35.5. The van der Waals surface area contributed by atoms with Gasteiger partial charge < -0.3 is 15.4 Å². The van der Waals surface area contributed by atoms with Gasteiger partial charge in [-0.1, -0.05) is 35.3 Å². The van der Waals surface area contributed by atoms with Gasteiger partial charge in [-0.05, 0) is 49.7 Å². The molecular formula is C18H20Cl2N2O2. The molecule has 0 heterocycles. The Bertz CT molecular complexity index is 688. The van der Waals surface area contributed by atoms with Gasteiger partial charge in [0, 0.05) is 11.6 Å². The Morgan fingerprint density at radius 3 is 2.46 bits per heavy atom. The van der Waals surface area contributed by atoms with Gasteiger partial charge in [0.25, 0.3) is 0 Å². The first-order valence-electron chi connectivity index (χ1n) is 7.65. The number of ether oxygens (including phenoxy) is 1. The van der Waals surface area contributed by atoms with Crippen molar-refractivity contribution in [1.29, 1.82) is 0 Å². The Hall–Kier alpha value is -1.91. The quantitative estimate of drug-likeness (QED) is 0.757. The van der Waals surface area contributed by atoms with Crippen LogP contribution in [0.1, 0.15) is 19.4 Å². The van der Waals surface area contributed by atoms with E-state index in [1.165, 1.54) is 0 Å². The number of benzene rings is 2. The lowest BCUT2D eigenvalue weighted by Gasteiger charge is -2.11. The van der Waals surface area contributed by atoms with Crippen LogP contribution >= 0.6 is 23.2 Å². The van der Waals surface area contributed by atoms with Crippen LogP contribution in [0, 0.1) is 0 Å². The number of anilines is 1. The highest BCUT2D eigenvalue weighted by Gasteiger charge is 2.05. The molecule has 0 aliphatic rings. The number of nitrogens with one attached hydrogen (secondary N) is 2. The van der Waals surface area contributed by atoms with Crippen molar-refractivity contribution in [2.45, 2.75) is 26.5 Å². The maximum Gasteiger partial charge on any atom is 0.239 e. The molecule has 0 radical (unpaired) electrons. The lowest BCUT2D eigenvalue weighted by atomic mass is 10.2. The topological polar surface area (TPSA) is 50.4 Å². The molecule has 0 saturated heterocycles. The standard InChI is InChI=1S/C18H20Cl2N2O2/c1-12(2)24-15-6-3-13(4-7-15)10-22-18(23)11-21-17-8-5-14(19)9-16(17)20/h3-9,12,21H,10-11H2,1-2H3,(H,22,23). The van der Waals surface area contributed by atoms with Crippen molar-refractivity contribution in [3.63, 3.8) is 0 Å². The molecule has 0 aliphatic heterocycles. The fourth-order valence-electron chi connectivity index (χ4n) is 2.03. The van der Waals surface area contributed by atoms with Gasteiger partial charge in [0.15, 0.2) is 0 Å². The molecule has 0 saturated carbocycles. The molecular weight excluding hydrogens is 347 g/mol. The summed E-state index contributed by atoms with van der Waals surface area (Å²) in [4.78, 5) is 11.9. The van der Waals surface area contributed by atoms with Crippen LogP contribution in [0.2, 0.25) is 10.0 Å². The first kappa shape index (κ1) is 18.4. The molecule has 2 aromatic rings. The zero-order chi connectivity index (χ0) is 17.5. The van der Waals surface area contributed by atoms with Crippen molar-refractivity contribution < 1.29 is 9.53 Å². The molecule has 0 spiro atoms. The maximum absolute atomic E-state index is 11.9. The smallest absolute Gasteiger partial charge is 0.239 e. The van der Waals surface area contributed by atoms with Crippen molar-refractivity contribution in [1.82, 2.24) is 5.32 Å². The SMILES string of the molecule is CC(C)Oc1ccc(CNC(=O)CNc2ccc(Cl)cc2Cl)cc1. The second-order valence-electron chi connectivity index (χ2n) is 5.57. The monoisotopic (exact) mass is 366 g/mol. The average Bonchev–Trinajstić information content (AvgIpc) is 2.53. The van der Waals surface area contributed by atoms with E-state index < -0.39 is 0 Å². The Morgan fingerprint density at radius 2 is 1.83 bits per heavy atom. The zero-order valence-electron chi connectivity index (χ0n) is 13.6. The summed E-state index contributed by atoms with van der Waals surface area (Å²) >= 11 is 11.9. The summed E-state index contributed by atoms with van der Waals surface area (Å²) in [5.74, 6) is 0.697. The van der Waals surface area contributed by atoms with Gasteiger partial charge >= 0.3 is 0 Å². The Morgan fingerprint density at radius 1 is 1.12 bits per heavy atom. The minimum atomic E-state index is -0.122. The Balaban J connectivity index is 1.78. The summed E-state index contributed by atoms with van der Waals surface area (Å²) in [6.45, 7) is 4.55. The predicted octanol–water partition coefficient (Wildman–Crippen LogP) is 4.51. The van der Waals surface area contributed by atoms with Crippen LogP contribution < -0.4 is 15.4 Å². The lowest BCUT2D eigenvalue weighted by molar-refractivity contribution is -0.119. The second-order valence-corrected chi connectivity index (χ2v) is 6.41. The van der Waals surface area contributed by atoms with Crippen LogP contribution in [-0.4, -0.2) is 18.6 Å². The van der Waals surface area contributed by atoms with Gasteiger partial charge in [-0.25, -0.2) is 0 Å². The number of halogens is 2. The molecule has 1 amide bonds. The van der Waals surface area contributed by atoms with Gasteiger partial charge in [-0.3, -0.25) is 4.79 Å². The normalized spacial score (nSPS) is 10.5. The number of carbonyl (C=O) groups excluding carboxylic acids is 1. The van der Waals surface area contributed by atoms with Gasteiger partial charge in [0.2, 0.25) is 5.91 Å². The summed E-state index contributed by atoms with van der Waals surface area (Å²) in [5, 5.41) is 6.87. The van der Waals surface area contributed by atoms with Gasteiger partial charge in [0.05, 0.1) is 23.4 Å². The summed E-state index contributed by atoms with van der Waals surface area (Å²) in [7, 11) is 0. The van der Waals surface area contributed by atoms with E-state index in [0.29, 0.717) is 22.3 Å². The zero-order valence-corrected chi connectivity index (χ0v) is 15.1. The highest BCUT2D eigenvalue weighted by molar-refractivity contribution is 6.36. The fourth-order valence-corrected chi connectivity index (χ4v) is 2.50. The van der Waals surface area contributed by atoms with Crippen molar-refractivity contribution in [2.75, 3.05) is 11.9 Å². The predicted molar refractivity (Wildman–Crippen MR) is 99.0 cm³/mol. The van der Waals surface area contributed by atoms with Crippen molar-refractivity contribution in [3.8, 4) is 5.75 Å². The van der Waals surface area contributed by atoms with E-state index in [1.54, 1.807) is 18.2 Å². The van der Waals surface area contributed by atoms with Gasteiger partial charge in [-0.2, -0.15) is 0 Å². The average molecular weight is 367 g/mol. The molecule has 4 nitrogen and oxygen atoms in total. The minimum Gasteiger partial charge on any atom is -0.491 e. The number of rotatable bonds is 7. The molecule has 6 heteroatoms. The summed E-state index contributed by atoms with van der Waals surface area (Å²) in [5.41, 5.74) is 1.68. The van der Waals surface area contributed by atoms with E-state index in [4.69, 9.17) is 27.9 Å². The lowest BCUT2D eigenvalue weighted by Crippen LogP contribution is -2.29. The number of carbonyl (C=O) groups is 1. The third kappa shape index (κ3) is 5.95. The first-order chi connectivity index (χ1) is 11.4. The van der Waals surface area contributed by atoms with E-state index in [0.717, 1.165) is 11.3 Å². The van der Waals surface area contributed by atoms with Crippen LogP contribution in [0.25, 0.3) is 0 Å². The third-order valence-electron chi connectivity index (χ3n) is 3.16. The molecule has 2 rings (SSSR count).